The SMILES string of the molecule is O=C(C1=C(O)C(=O)N(CCO)C1c1cccc2ccccc12)c1cccs1. The Kier molecular flexibility index (Phi) is 4.51. The fraction of sp³-hybridized carbons (Fsp3) is 0.143. The number of hydrogen-bond acceptors (Lipinski definition) is 5. The molecule has 2 aromatic carbocycles. The molecule has 6 heteroatoms. The topological polar surface area (TPSA) is 77.8 Å². The number of benzene rings is 2. The molecule has 0 fully saturated rings. The van der Waals surface area contributed by atoms with E-state index in [0.717, 1.165) is 16.3 Å². The molecule has 0 saturated carbocycles. The Morgan fingerprint density at radius 1 is 1.07 bits per heavy atom. The van der Waals surface area contributed by atoms with Crippen molar-refractivity contribution in [1.29, 1.82) is 0 Å². The maximum atomic E-state index is 13.1. The molecule has 27 heavy (non-hydrogen) atoms. The van der Waals surface area contributed by atoms with Crippen LogP contribution in [-0.2, 0) is 4.79 Å². The standard InChI is InChI=1S/C21H17NO4S/c23-11-10-22-18(15-8-3-6-13-5-1-2-7-14(13)15)17(20(25)21(22)26)19(24)16-9-4-12-27-16/h1-9,12,18,23,25H,10-11H2. The minimum Gasteiger partial charge on any atom is -0.503 e. The zero-order valence-electron chi connectivity index (χ0n) is 14.3. The van der Waals surface area contributed by atoms with E-state index in [2.05, 4.69) is 0 Å². The Morgan fingerprint density at radius 2 is 1.85 bits per heavy atom. The van der Waals surface area contributed by atoms with E-state index >= 15 is 0 Å². The largest absolute Gasteiger partial charge is 0.503 e. The van der Waals surface area contributed by atoms with Gasteiger partial charge in [0.25, 0.3) is 5.91 Å². The summed E-state index contributed by atoms with van der Waals surface area (Å²) in [6.07, 6.45) is 0. The lowest BCUT2D eigenvalue weighted by Gasteiger charge is -2.27. The summed E-state index contributed by atoms with van der Waals surface area (Å²) in [6.45, 7) is -0.237. The molecule has 1 aliphatic rings. The molecule has 1 unspecified atom stereocenters. The first-order valence-corrected chi connectivity index (χ1v) is 9.42. The van der Waals surface area contributed by atoms with E-state index in [4.69, 9.17) is 0 Å². The van der Waals surface area contributed by atoms with Gasteiger partial charge in [0.2, 0.25) is 5.78 Å². The average molecular weight is 379 g/mol. The highest BCUT2D eigenvalue weighted by atomic mass is 32.1. The fourth-order valence-corrected chi connectivity index (χ4v) is 4.25. The maximum absolute atomic E-state index is 13.1. The summed E-state index contributed by atoms with van der Waals surface area (Å²) in [5, 5.41) is 23.6. The number of carbonyl (C=O) groups excluding carboxylic acids is 2. The van der Waals surface area contributed by atoms with Gasteiger partial charge in [-0.15, -0.1) is 11.3 Å². The summed E-state index contributed by atoms with van der Waals surface area (Å²) < 4.78 is 0. The number of Topliss-reactive ketones (excluding diaryl/α,β-unsaturated/α-hetero) is 1. The van der Waals surface area contributed by atoms with E-state index in [1.807, 2.05) is 42.5 Å². The van der Waals surface area contributed by atoms with Crippen LogP contribution < -0.4 is 0 Å². The molecule has 4 rings (SSSR count). The van der Waals surface area contributed by atoms with Crippen molar-refractivity contribution >= 4 is 33.8 Å². The van der Waals surface area contributed by atoms with Crippen molar-refractivity contribution in [1.82, 2.24) is 4.90 Å². The maximum Gasteiger partial charge on any atom is 0.290 e. The first-order valence-electron chi connectivity index (χ1n) is 8.54. The first kappa shape index (κ1) is 17.5. The summed E-state index contributed by atoms with van der Waals surface area (Å²) in [4.78, 5) is 27.6. The fourth-order valence-electron chi connectivity index (χ4n) is 3.58. The number of ketones is 1. The van der Waals surface area contributed by atoms with E-state index in [1.54, 1.807) is 17.5 Å². The highest BCUT2D eigenvalue weighted by molar-refractivity contribution is 7.12. The third-order valence-corrected chi connectivity index (χ3v) is 5.62. The molecule has 5 nitrogen and oxygen atoms in total. The van der Waals surface area contributed by atoms with Gasteiger partial charge in [-0.3, -0.25) is 9.59 Å². The molecule has 2 heterocycles. The Bertz CT molecular complexity index is 1050. The lowest BCUT2D eigenvalue weighted by molar-refractivity contribution is -0.129. The van der Waals surface area contributed by atoms with Crippen LogP contribution in [0.2, 0.25) is 0 Å². The highest BCUT2D eigenvalue weighted by Crippen LogP contribution is 2.41. The second-order valence-electron chi connectivity index (χ2n) is 6.26. The Balaban J connectivity index is 1.92. The van der Waals surface area contributed by atoms with Gasteiger partial charge in [-0.05, 0) is 27.8 Å². The smallest absolute Gasteiger partial charge is 0.290 e. The summed E-state index contributed by atoms with van der Waals surface area (Å²) in [5.74, 6) is -1.55. The Hall–Kier alpha value is -2.96. The summed E-state index contributed by atoms with van der Waals surface area (Å²) >= 11 is 1.26. The van der Waals surface area contributed by atoms with E-state index < -0.39 is 17.7 Å². The number of amides is 1. The monoisotopic (exact) mass is 379 g/mol. The van der Waals surface area contributed by atoms with Crippen LogP contribution >= 0.6 is 11.3 Å². The number of β-amino-alcohol motifs (C(OH)–C–C–N with tert-alkyl or cyclic N) is 1. The van der Waals surface area contributed by atoms with E-state index in [9.17, 15) is 19.8 Å². The van der Waals surface area contributed by atoms with Gasteiger partial charge in [0.1, 0.15) is 0 Å². The second kappa shape index (κ2) is 6.98. The van der Waals surface area contributed by atoms with Crippen LogP contribution in [0, 0.1) is 0 Å². The first-order chi connectivity index (χ1) is 13.1. The van der Waals surface area contributed by atoms with Gasteiger partial charge in [-0.1, -0.05) is 48.5 Å². The van der Waals surface area contributed by atoms with Gasteiger partial charge in [-0.2, -0.15) is 0 Å². The minimum atomic E-state index is -0.745. The molecule has 0 spiro atoms. The number of nitrogens with zero attached hydrogens (tertiary/aromatic N) is 1. The lowest BCUT2D eigenvalue weighted by atomic mass is 9.91. The van der Waals surface area contributed by atoms with Gasteiger partial charge in [-0.25, -0.2) is 0 Å². The zero-order valence-corrected chi connectivity index (χ0v) is 15.1. The molecule has 0 aliphatic carbocycles. The van der Waals surface area contributed by atoms with Crippen molar-refractivity contribution < 1.29 is 19.8 Å². The van der Waals surface area contributed by atoms with E-state index in [-0.39, 0.29) is 24.5 Å². The molecule has 0 saturated heterocycles. The second-order valence-corrected chi connectivity index (χ2v) is 7.21. The normalized spacial score (nSPS) is 17.1. The van der Waals surface area contributed by atoms with Crippen LogP contribution in [0.3, 0.4) is 0 Å². The number of aliphatic hydroxyl groups excluding tert-OH is 2. The molecule has 0 radical (unpaired) electrons. The molecule has 1 aromatic heterocycles. The van der Waals surface area contributed by atoms with Gasteiger partial charge in [0.15, 0.2) is 5.76 Å². The predicted molar refractivity (Wildman–Crippen MR) is 104 cm³/mol. The lowest BCUT2D eigenvalue weighted by Crippen LogP contribution is -2.33. The van der Waals surface area contributed by atoms with Crippen molar-refractivity contribution in [2.45, 2.75) is 6.04 Å². The molecule has 2 N–H and O–H groups in total. The zero-order chi connectivity index (χ0) is 19.0. The Labute approximate surface area is 159 Å². The number of rotatable bonds is 5. The quantitative estimate of drug-likeness (QED) is 0.666. The van der Waals surface area contributed by atoms with Crippen molar-refractivity contribution in [2.24, 2.45) is 0 Å². The van der Waals surface area contributed by atoms with Crippen LogP contribution in [-0.4, -0.2) is 40.0 Å². The molecule has 136 valence electrons. The minimum absolute atomic E-state index is 0.0258. The Morgan fingerprint density at radius 3 is 2.59 bits per heavy atom. The molecule has 1 aliphatic heterocycles. The number of carbonyl (C=O) groups is 2. The predicted octanol–water partition coefficient (Wildman–Crippen LogP) is 3.47. The molecule has 3 aromatic rings. The van der Waals surface area contributed by atoms with Crippen molar-refractivity contribution in [2.75, 3.05) is 13.2 Å². The van der Waals surface area contributed by atoms with Gasteiger partial charge in [0.05, 0.1) is 23.1 Å². The number of aliphatic hydroxyl groups is 2. The molecule has 1 atom stereocenters. The third kappa shape index (κ3) is 2.83. The van der Waals surface area contributed by atoms with E-state index in [1.165, 1.54) is 16.2 Å². The van der Waals surface area contributed by atoms with E-state index in [0.29, 0.717) is 4.88 Å². The third-order valence-electron chi connectivity index (χ3n) is 4.75. The van der Waals surface area contributed by atoms with Crippen LogP contribution in [0.25, 0.3) is 10.8 Å². The molecule has 0 bridgehead atoms. The number of fused-ring (bicyclic) bond motifs is 1. The van der Waals surface area contributed by atoms with Crippen molar-refractivity contribution in [3.63, 3.8) is 0 Å². The van der Waals surface area contributed by atoms with Crippen molar-refractivity contribution in [3.8, 4) is 0 Å². The van der Waals surface area contributed by atoms with Crippen molar-refractivity contribution in [3.05, 3.63) is 81.8 Å². The highest BCUT2D eigenvalue weighted by Gasteiger charge is 2.44. The summed E-state index contributed by atoms with van der Waals surface area (Å²) in [6, 6.07) is 16.0. The van der Waals surface area contributed by atoms with Gasteiger partial charge in [0, 0.05) is 6.54 Å². The molecular weight excluding hydrogens is 362 g/mol. The summed E-state index contributed by atoms with van der Waals surface area (Å²) in [5.41, 5.74) is 0.811. The molecular formula is C21H17NO4S. The van der Waals surface area contributed by atoms with Gasteiger partial charge < -0.3 is 15.1 Å². The number of hydrogen-bond donors (Lipinski definition) is 2. The van der Waals surface area contributed by atoms with Crippen LogP contribution in [0.1, 0.15) is 21.3 Å². The summed E-state index contributed by atoms with van der Waals surface area (Å²) in [7, 11) is 0. The van der Waals surface area contributed by atoms with Gasteiger partial charge >= 0.3 is 0 Å². The van der Waals surface area contributed by atoms with Crippen LogP contribution in [0.15, 0.2) is 71.3 Å². The molecule has 1 amide bonds. The van der Waals surface area contributed by atoms with Crippen LogP contribution in [0.5, 0.6) is 0 Å². The van der Waals surface area contributed by atoms with Crippen LogP contribution in [0.4, 0.5) is 0 Å². The number of thiophene rings is 1. The average Bonchev–Trinajstić information content (AvgIpc) is 3.31.